The Labute approximate surface area is 127 Å². The van der Waals surface area contributed by atoms with Crippen LogP contribution in [0.1, 0.15) is 47.0 Å². The van der Waals surface area contributed by atoms with E-state index in [-0.39, 0.29) is 28.4 Å². The highest BCUT2D eigenvalue weighted by Crippen LogP contribution is 2.46. The van der Waals surface area contributed by atoms with E-state index in [4.69, 9.17) is 10.00 Å². The van der Waals surface area contributed by atoms with Crippen LogP contribution in [-0.2, 0) is 9.53 Å². The first-order chi connectivity index (χ1) is 9.77. The van der Waals surface area contributed by atoms with Gasteiger partial charge >= 0.3 is 0 Å². The zero-order valence-corrected chi connectivity index (χ0v) is 13.6. The second-order valence-electron chi connectivity index (χ2n) is 7.45. The highest BCUT2D eigenvalue weighted by Gasteiger charge is 2.46. The Morgan fingerprint density at radius 1 is 1.33 bits per heavy atom. The summed E-state index contributed by atoms with van der Waals surface area (Å²) < 4.78 is 5.88. The number of rotatable bonds is 2. The topological polar surface area (TPSA) is 53.3 Å². The maximum absolute atomic E-state index is 12.4. The third-order valence-corrected chi connectivity index (χ3v) is 4.53. The van der Waals surface area contributed by atoms with E-state index in [1.165, 1.54) is 0 Å². The Balaban J connectivity index is 1.98. The fraction of sp³-hybridized carbons (Fsp3) is 0.765. The number of likely N-dealkylation sites (tertiary alicyclic amines) is 1. The minimum absolute atomic E-state index is 0.0401. The van der Waals surface area contributed by atoms with Crippen LogP contribution in [0.25, 0.3) is 0 Å². The lowest BCUT2D eigenvalue weighted by Gasteiger charge is -2.38. The first kappa shape index (κ1) is 16.0. The van der Waals surface area contributed by atoms with Crippen LogP contribution in [0.3, 0.4) is 0 Å². The molecule has 0 aromatic carbocycles. The molecule has 2 heterocycles. The van der Waals surface area contributed by atoms with Crippen LogP contribution in [0.5, 0.6) is 0 Å². The molecule has 0 N–H and O–H groups in total. The summed E-state index contributed by atoms with van der Waals surface area (Å²) in [5.41, 5.74) is 0.472. The largest absolute Gasteiger partial charge is 0.375 e. The Hall–Kier alpha value is -1.34. The summed E-state index contributed by atoms with van der Waals surface area (Å²) in [6, 6.07) is 2.05. The van der Waals surface area contributed by atoms with E-state index >= 15 is 0 Å². The van der Waals surface area contributed by atoms with E-state index in [0.29, 0.717) is 0 Å². The van der Waals surface area contributed by atoms with Gasteiger partial charge in [0.1, 0.15) is 11.6 Å². The lowest BCUT2D eigenvalue weighted by atomic mass is 9.74. The highest BCUT2D eigenvalue weighted by atomic mass is 16.5. The van der Waals surface area contributed by atoms with Gasteiger partial charge in [-0.3, -0.25) is 4.79 Å². The lowest BCUT2D eigenvalue weighted by molar-refractivity contribution is -0.129. The molecular formula is C17H26N2O2. The Morgan fingerprint density at radius 3 is 2.38 bits per heavy atom. The maximum Gasteiger partial charge on any atom is 0.264 e. The van der Waals surface area contributed by atoms with Crippen LogP contribution in [-0.4, -0.2) is 36.1 Å². The van der Waals surface area contributed by atoms with Gasteiger partial charge in [0.05, 0.1) is 12.2 Å². The molecule has 0 aliphatic carbocycles. The molecule has 2 aliphatic rings. The van der Waals surface area contributed by atoms with Crippen molar-refractivity contribution >= 4 is 5.91 Å². The Kier molecular flexibility index (Phi) is 4.43. The van der Waals surface area contributed by atoms with Crippen molar-refractivity contribution < 1.29 is 9.53 Å². The van der Waals surface area contributed by atoms with Crippen LogP contribution in [0.2, 0.25) is 0 Å². The fourth-order valence-corrected chi connectivity index (χ4v) is 3.52. The second-order valence-corrected chi connectivity index (χ2v) is 7.45. The molecule has 0 saturated carbocycles. The molecule has 0 radical (unpaired) electrons. The molecule has 1 amide bonds. The third kappa shape index (κ3) is 3.65. The van der Waals surface area contributed by atoms with Gasteiger partial charge in [0.2, 0.25) is 0 Å². The molecule has 2 saturated heterocycles. The Morgan fingerprint density at radius 2 is 1.95 bits per heavy atom. The van der Waals surface area contributed by atoms with Gasteiger partial charge < -0.3 is 9.64 Å². The molecule has 0 unspecified atom stereocenters. The number of ether oxygens (including phenoxy) is 1. The van der Waals surface area contributed by atoms with E-state index in [1.807, 2.05) is 24.8 Å². The Bertz CT molecular complexity index is 478. The molecule has 4 nitrogen and oxygen atoms in total. The van der Waals surface area contributed by atoms with Crippen molar-refractivity contribution in [2.24, 2.45) is 11.3 Å². The number of carbonyl (C=O) groups is 1. The van der Waals surface area contributed by atoms with Gasteiger partial charge in [-0.2, -0.15) is 5.26 Å². The molecule has 116 valence electrons. The van der Waals surface area contributed by atoms with Gasteiger partial charge in [0.25, 0.3) is 5.91 Å². The molecule has 2 fully saturated rings. The SMILES string of the molecule is CC(C)C=C(C#N)C(=O)N1CCC2(CC1)COC(C)(C)C2. The normalized spacial score (nSPS) is 24.4. The fourth-order valence-electron chi connectivity index (χ4n) is 3.52. The zero-order chi connectivity index (χ0) is 15.7. The summed E-state index contributed by atoms with van der Waals surface area (Å²) >= 11 is 0. The maximum atomic E-state index is 12.4. The molecule has 0 aromatic rings. The quantitative estimate of drug-likeness (QED) is 0.580. The van der Waals surface area contributed by atoms with Crippen LogP contribution in [0.15, 0.2) is 11.6 Å². The molecule has 4 heteroatoms. The summed E-state index contributed by atoms with van der Waals surface area (Å²) in [6.45, 7) is 10.5. The first-order valence-electron chi connectivity index (χ1n) is 7.82. The van der Waals surface area contributed by atoms with Crippen molar-refractivity contribution in [3.63, 3.8) is 0 Å². The van der Waals surface area contributed by atoms with Gasteiger partial charge in [-0.1, -0.05) is 19.9 Å². The van der Waals surface area contributed by atoms with Crippen LogP contribution in [0, 0.1) is 22.7 Å². The van der Waals surface area contributed by atoms with Crippen molar-refractivity contribution in [1.82, 2.24) is 4.90 Å². The van der Waals surface area contributed by atoms with Crippen molar-refractivity contribution in [3.05, 3.63) is 11.6 Å². The van der Waals surface area contributed by atoms with E-state index < -0.39 is 0 Å². The van der Waals surface area contributed by atoms with Gasteiger partial charge in [-0.25, -0.2) is 0 Å². The second kappa shape index (κ2) is 5.81. The number of carbonyl (C=O) groups excluding carboxylic acids is 1. The summed E-state index contributed by atoms with van der Waals surface area (Å²) in [5.74, 6) is 0.1000. The average Bonchev–Trinajstić information content (AvgIpc) is 2.71. The number of nitriles is 1. The molecule has 2 rings (SSSR count). The molecule has 2 aliphatic heterocycles. The molecule has 0 atom stereocenters. The summed E-state index contributed by atoms with van der Waals surface area (Å²) in [5, 5.41) is 9.16. The first-order valence-corrected chi connectivity index (χ1v) is 7.82. The van der Waals surface area contributed by atoms with Gasteiger partial charge in [-0.15, -0.1) is 0 Å². The molecule has 21 heavy (non-hydrogen) atoms. The van der Waals surface area contributed by atoms with Crippen LogP contribution >= 0.6 is 0 Å². The lowest BCUT2D eigenvalue weighted by Crippen LogP contribution is -2.44. The minimum atomic E-state index is -0.112. The molecule has 0 bridgehead atoms. The number of amides is 1. The molecule has 0 aromatic heterocycles. The smallest absolute Gasteiger partial charge is 0.264 e. The van der Waals surface area contributed by atoms with Crippen molar-refractivity contribution in [1.29, 1.82) is 5.26 Å². The van der Waals surface area contributed by atoms with Gasteiger partial charge in [0, 0.05) is 13.1 Å². The standard InChI is InChI=1S/C17H26N2O2/c1-13(2)9-14(10-18)15(20)19-7-5-17(6-8-19)11-16(3,4)21-12-17/h9,13H,5-8,11-12H2,1-4H3. The number of hydrogen-bond donors (Lipinski definition) is 0. The number of allylic oxidation sites excluding steroid dienone is 1. The van der Waals surface area contributed by atoms with Crippen LogP contribution < -0.4 is 0 Å². The molecule has 1 spiro atoms. The summed E-state index contributed by atoms with van der Waals surface area (Å²) in [7, 11) is 0. The van der Waals surface area contributed by atoms with E-state index in [0.717, 1.165) is 39.0 Å². The zero-order valence-electron chi connectivity index (χ0n) is 13.6. The van der Waals surface area contributed by atoms with Crippen molar-refractivity contribution in [2.75, 3.05) is 19.7 Å². The van der Waals surface area contributed by atoms with E-state index in [2.05, 4.69) is 13.8 Å². The monoisotopic (exact) mass is 290 g/mol. The minimum Gasteiger partial charge on any atom is -0.375 e. The van der Waals surface area contributed by atoms with Gasteiger partial charge in [-0.05, 0) is 44.4 Å². The van der Waals surface area contributed by atoms with E-state index in [9.17, 15) is 4.79 Å². The highest BCUT2D eigenvalue weighted by molar-refractivity contribution is 5.97. The predicted molar refractivity (Wildman–Crippen MR) is 81.4 cm³/mol. The van der Waals surface area contributed by atoms with Crippen LogP contribution in [0.4, 0.5) is 0 Å². The van der Waals surface area contributed by atoms with Crippen molar-refractivity contribution in [3.8, 4) is 6.07 Å². The third-order valence-electron chi connectivity index (χ3n) is 4.53. The number of hydrogen-bond acceptors (Lipinski definition) is 3. The van der Waals surface area contributed by atoms with Gasteiger partial charge in [0.15, 0.2) is 0 Å². The predicted octanol–water partition coefficient (Wildman–Crippen LogP) is 2.90. The number of piperidine rings is 1. The van der Waals surface area contributed by atoms with Crippen molar-refractivity contribution in [2.45, 2.75) is 52.6 Å². The summed E-state index contributed by atoms with van der Waals surface area (Å²) in [4.78, 5) is 14.2. The number of nitrogens with zero attached hydrogens (tertiary/aromatic N) is 2. The molecular weight excluding hydrogens is 264 g/mol. The summed E-state index contributed by atoms with van der Waals surface area (Å²) in [6.07, 6.45) is 4.77. The van der Waals surface area contributed by atoms with E-state index in [1.54, 1.807) is 6.08 Å². The average molecular weight is 290 g/mol.